The Morgan fingerprint density at radius 2 is 1.89 bits per heavy atom. The van der Waals surface area contributed by atoms with Crippen molar-refractivity contribution < 1.29 is 20.7 Å². The third-order valence-electron chi connectivity index (χ3n) is 2.32. The van der Waals surface area contributed by atoms with Gasteiger partial charge in [-0.05, 0) is 23.6 Å². The monoisotopic (exact) mass is 279 g/mol. The molecule has 2 rings (SSSR count). The molecule has 92 valence electrons. The van der Waals surface area contributed by atoms with Gasteiger partial charge in [-0.1, -0.05) is 12.1 Å². The zero-order valence-electron chi connectivity index (χ0n) is 11.1. The van der Waals surface area contributed by atoms with E-state index in [9.17, 15) is 18.5 Å². The summed E-state index contributed by atoms with van der Waals surface area (Å²) in [5.74, 6) is 0. The van der Waals surface area contributed by atoms with E-state index in [4.69, 9.17) is 4.55 Å². The molecule has 0 fully saturated rings. The molecular weight excluding hydrogens is 270 g/mol. The number of rotatable bonds is 2. The fourth-order valence-electron chi connectivity index (χ4n) is 1.56. The molecule has 18 heavy (non-hydrogen) atoms. The van der Waals surface area contributed by atoms with E-state index in [1.54, 1.807) is 0 Å². The number of benzene rings is 2. The Labute approximate surface area is 122 Å². The van der Waals surface area contributed by atoms with E-state index < -0.39 is 15.0 Å². The average Bonchev–Trinajstić information content (AvgIpc) is 2.26. The number of fused-ring (bicyclic) bond motifs is 1. The second-order valence-corrected chi connectivity index (χ2v) is 4.81. The van der Waals surface area contributed by atoms with Crippen molar-refractivity contribution >= 4 is 49.6 Å². The van der Waals surface area contributed by atoms with Crippen molar-refractivity contribution in [1.29, 1.82) is 0 Å². The normalized spacial score (nSPS) is 10.9. The predicted octanol–water partition coefficient (Wildman–Crippen LogP) is 1.84. The van der Waals surface area contributed by atoms with E-state index in [1.807, 2.05) is 0 Å². The molecule has 6 nitrogen and oxygen atoms in total. The van der Waals surface area contributed by atoms with Gasteiger partial charge in [-0.15, -0.1) is 0 Å². The third-order valence-corrected chi connectivity index (χ3v) is 3.17. The number of non-ortho nitro benzene ring substituents is 1. The standard InChI is InChI=1S/C10H7NO5S.Mg.2H/c12-11(13)10-3-1-2-7-6-8(17(14,15)16)4-5-9(7)10;;;/h1-6H,(H,14,15,16);;;/q;+2;2*-1. The Balaban J connectivity index is 0. The van der Waals surface area contributed by atoms with Crippen molar-refractivity contribution in [3.63, 3.8) is 0 Å². The number of nitro groups is 1. The molecule has 0 spiro atoms. The maximum absolute atomic E-state index is 10.9. The van der Waals surface area contributed by atoms with Crippen LogP contribution in [-0.2, 0) is 10.1 Å². The molecule has 0 aliphatic carbocycles. The molecule has 0 unspecified atom stereocenters. The first-order chi connectivity index (χ1) is 7.89. The molecule has 8 heteroatoms. The van der Waals surface area contributed by atoms with Gasteiger partial charge in [-0.2, -0.15) is 8.42 Å². The van der Waals surface area contributed by atoms with Crippen molar-refractivity contribution in [3.05, 3.63) is 46.5 Å². The molecule has 0 radical (unpaired) electrons. The molecule has 0 aromatic heterocycles. The molecule has 2 aromatic carbocycles. The van der Waals surface area contributed by atoms with Gasteiger partial charge in [0, 0.05) is 6.07 Å². The molecule has 0 atom stereocenters. The van der Waals surface area contributed by atoms with E-state index in [2.05, 4.69) is 0 Å². The van der Waals surface area contributed by atoms with Crippen molar-refractivity contribution in [3.8, 4) is 0 Å². The predicted molar refractivity (Wildman–Crippen MR) is 68.4 cm³/mol. The van der Waals surface area contributed by atoms with E-state index >= 15 is 0 Å². The quantitative estimate of drug-likeness (QED) is 0.391. The number of nitrogens with zero attached hydrogens (tertiary/aromatic N) is 1. The van der Waals surface area contributed by atoms with Crippen molar-refractivity contribution in [2.45, 2.75) is 4.90 Å². The van der Waals surface area contributed by atoms with Crippen LogP contribution in [0.3, 0.4) is 0 Å². The minimum Gasteiger partial charge on any atom is -1.00 e. The third kappa shape index (κ3) is 2.78. The smallest absolute Gasteiger partial charge is 1.00 e. The summed E-state index contributed by atoms with van der Waals surface area (Å²) in [6.07, 6.45) is 0. The molecule has 0 amide bonds. The van der Waals surface area contributed by atoms with Gasteiger partial charge in [0.25, 0.3) is 15.8 Å². The molecule has 0 saturated heterocycles. The molecule has 0 aliphatic heterocycles. The molecule has 0 aliphatic rings. The summed E-state index contributed by atoms with van der Waals surface area (Å²) in [4.78, 5) is 9.90. The van der Waals surface area contributed by atoms with Crippen LogP contribution in [0.25, 0.3) is 10.8 Å². The maximum atomic E-state index is 10.9. The summed E-state index contributed by atoms with van der Waals surface area (Å²) in [7, 11) is -4.30. The number of nitro benzene ring substituents is 1. The van der Waals surface area contributed by atoms with Crippen molar-refractivity contribution in [2.75, 3.05) is 0 Å². The van der Waals surface area contributed by atoms with E-state index in [0.717, 1.165) is 6.07 Å². The van der Waals surface area contributed by atoms with Gasteiger partial charge in [0.1, 0.15) is 0 Å². The van der Waals surface area contributed by atoms with Gasteiger partial charge in [0.2, 0.25) is 0 Å². The van der Waals surface area contributed by atoms with Crippen LogP contribution in [0.5, 0.6) is 0 Å². The average molecular weight is 280 g/mol. The first kappa shape index (κ1) is 14.8. The summed E-state index contributed by atoms with van der Waals surface area (Å²) in [6.45, 7) is 0. The summed E-state index contributed by atoms with van der Waals surface area (Å²) < 4.78 is 30.7. The van der Waals surface area contributed by atoms with Gasteiger partial charge >= 0.3 is 23.1 Å². The molecule has 0 bridgehead atoms. The summed E-state index contributed by atoms with van der Waals surface area (Å²) >= 11 is 0. The zero-order chi connectivity index (χ0) is 12.6. The number of hydrogen-bond donors (Lipinski definition) is 1. The largest absolute Gasteiger partial charge is 2.00 e. The van der Waals surface area contributed by atoms with Crippen LogP contribution in [0.1, 0.15) is 2.85 Å². The zero-order valence-corrected chi connectivity index (χ0v) is 11.3. The van der Waals surface area contributed by atoms with Gasteiger partial charge in [-0.3, -0.25) is 14.7 Å². The van der Waals surface area contributed by atoms with E-state index in [1.165, 1.54) is 30.3 Å². The minimum atomic E-state index is -4.30. The Hall–Kier alpha value is -1.22. The van der Waals surface area contributed by atoms with Gasteiger partial charge < -0.3 is 2.85 Å². The second-order valence-electron chi connectivity index (χ2n) is 3.39. The number of hydrogen-bond acceptors (Lipinski definition) is 4. The summed E-state index contributed by atoms with van der Waals surface area (Å²) in [5.41, 5.74) is -0.107. The first-order valence-electron chi connectivity index (χ1n) is 4.54. The Kier molecular flexibility index (Phi) is 4.27. The van der Waals surface area contributed by atoms with Crippen molar-refractivity contribution in [2.24, 2.45) is 0 Å². The van der Waals surface area contributed by atoms with E-state index in [-0.39, 0.29) is 36.5 Å². The van der Waals surface area contributed by atoms with Crippen molar-refractivity contribution in [1.82, 2.24) is 0 Å². The molecule has 2 aromatic rings. The Morgan fingerprint density at radius 1 is 1.22 bits per heavy atom. The molecule has 0 saturated carbocycles. The molecular formula is C10H9MgNO5S. The van der Waals surface area contributed by atoms with Crippen LogP contribution in [0, 0.1) is 10.1 Å². The van der Waals surface area contributed by atoms with Crippen LogP contribution in [-0.4, -0.2) is 40.9 Å². The fourth-order valence-corrected chi connectivity index (χ4v) is 2.08. The Morgan fingerprint density at radius 3 is 2.44 bits per heavy atom. The Bertz CT molecular complexity index is 723. The van der Waals surface area contributed by atoms with Gasteiger partial charge in [-0.25, -0.2) is 0 Å². The van der Waals surface area contributed by atoms with E-state index in [0.29, 0.717) is 10.8 Å². The van der Waals surface area contributed by atoms with Crippen LogP contribution in [0.2, 0.25) is 0 Å². The van der Waals surface area contributed by atoms with Crippen LogP contribution in [0.15, 0.2) is 41.3 Å². The minimum absolute atomic E-state index is 0. The fraction of sp³-hybridized carbons (Fsp3) is 0. The van der Waals surface area contributed by atoms with Crippen LogP contribution < -0.4 is 0 Å². The summed E-state index contributed by atoms with van der Waals surface area (Å²) in [6, 6.07) is 7.94. The van der Waals surface area contributed by atoms with Gasteiger partial charge in [0.05, 0.1) is 15.2 Å². The molecule has 1 N–H and O–H groups in total. The topological polar surface area (TPSA) is 97.5 Å². The van der Waals surface area contributed by atoms with Crippen LogP contribution >= 0.6 is 0 Å². The SMILES string of the molecule is O=[N+]([O-])c1cccc2cc(S(=O)(=O)O)ccc12.[H-].[H-].[Mg+2]. The molecule has 0 heterocycles. The van der Waals surface area contributed by atoms with Gasteiger partial charge in [0.15, 0.2) is 0 Å². The maximum Gasteiger partial charge on any atom is 2.00 e. The van der Waals surface area contributed by atoms with Crippen LogP contribution in [0.4, 0.5) is 5.69 Å². The first-order valence-corrected chi connectivity index (χ1v) is 5.98. The second kappa shape index (κ2) is 5.18. The summed E-state index contributed by atoms with van der Waals surface area (Å²) in [5, 5.41) is 11.4.